The van der Waals surface area contributed by atoms with Crippen LogP contribution in [-0.2, 0) is 4.74 Å². The van der Waals surface area contributed by atoms with Crippen LogP contribution in [0.5, 0.6) is 0 Å². The van der Waals surface area contributed by atoms with Crippen LogP contribution in [-0.4, -0.2) is 55.0 Å². The first-order chi connectivity index (χ1) is 9.76. The van der Waals surface area contributed by atoms with Crippen LogP contribution in [0.4, 0.5) is 0 Å². The van der Waals surface area contributed by atoms with Crippen LogP contribution < -0.4 is 5.73 Å². The molecule has 1 aromatic carbocycles. The molecule has 0 unspecified atom stereocenters. The molecule has 0 fully saturated rings. The molecule has 0 atom stereocenters. The minimum atomic E-state index is 0.267. The Balaban J connectivity index is 2.32. The number of rotatable bonds is 10. The average Bonchev–Trinajstić information content (AvgIpc) is 2.50. The van der Waals surface area contributed by atoms with E-state index in [0.29, 0.717) is 13.0 Å². The van der Waals surface area contributed by atoms with Gasteiger partial charge < -0.3 is 15.7 Å². The lowest BCUT2D eigenvalue weighted by Gasteiger charge is -2.21. The van der Waals surface area contributed by atoms with Gasteiger partial charge >= 0.3 is 0 Å². The second kappa shape index (κ2) is 10.5. The zero-order valence-corrected chi connectivity index (χ0v) is 12.7. The third-order valence-corrected chi connectivity index (χ3v) is 3.84. The Hall–Kier alpha value is -1.24. The number of hydrogen-bond acceptors (Lipinski definition) is 5. The first kappa shape index (κ1) is 16.8. The number of methoxy groups -OCH3 is 1. The second-order valence-corrected chi connectivity index (χ2v) is 5.51. The van der Waals surface area contributed by atoms with Gasteiger partial charge in [-0.15, -0.1) is 11.8 Å². The number of ether oxygens (including phenoxy) is 1. The molecule has 0 spiro atoms. The summed E-state index contributed by atoms with van der Waals surface area (Å²) in [5.74, 6) is 1.27. The number of nitrogens with two attached hydrogens (primary N) is 1. The Morgan fingerprint density at radius 3 is 2.70 bits per heavy atom. The van der Waals surface area contributed by atoms with E-state index in [1.54, 1.807) is 7.11 Å². The summed E-state index contributed by atoms with van der Waals surface area (Å²) >= 11 is 1.83. The summed E-state index contributed by atoms with van der Waals surface area (Å²) in [5.41, 5.74) is 5.51. The maximum Gasteiger partial charge on any atom is 0.140 e. The standard InChI is InChI=1S/C14H23N3O2S/c1-19-11-9-17(8-7-14(15)16-18)10-12-20-13-5-3-2-4-6-13/h2-6,18H,7-12H2,1H3,(H2,15,16). The zero-order valence-electron chi connectivity index (χ0n) is 11.9. The predicted octanol–water partition coefficient (Wildman–Crippen LogP) is 1.86. The highest BCUT2D eigenvalue weighted by Gasteiger charge is 2.06. The SMILES string of the molecule is COCCN(CCSc1ccccc1)CCC(N)=NO. The Morgan fingerprint density at radius 1 is 1.30 bits per heavy atom. The molecular weight excluding hydrogens is 274 g/mol. The second-order valence-electron chi connectivity index (χ2n) is 4.34. The molecule has 20 heavy (non-hydrogen) atoms. The van der Waals surface area contributed by atoms with Crippen LogP contribution in [0.25, 0.3) is 0 Å². The van der Waals surface area contributed by atoms with Gasteiger partial charge in [0.05, 0.1) is 6.61 Å². The largest absolute Gasteiger partial charge is 0.409 e. The molecule has 0 amide bonds. The summed E-state index contributed by atoms with van der Waals surface area (Å²) in [6, 6.07) is 10.3. The fourth-order valence-electron chi connectivity index (χ4n) is 1.69. The summed E-state index contributed by atoms with van der Waals surface area (Å²) in [4.78, 5) is 3.54. The van der Waals surface area contributed by atoms with Gasteiger partial charge in [-0.1, -0.05) is 23.4 Å². The van der Waals surface area contributed by atoms with Crippen LogP contribution in [0.1, 0.15) is 6.42 Å². The number of thioether (sulfide) groups is 1. The third kappa shape index (κ3) is 7.37. The topological polar surface area (TPSA) is 71.1 Å². The van der Waals surface area contributed by atoms with E-state index in [0.717, 1.165) is 25.4 Å². The molecule has 6 heteroatoms. The van der Waals surface area contributed by atoms with Crippen LogP contribution >= 0.6 is 11.8 Å². The van der Waals surface area contributed by atoms with Gasteiger partial charge in [0.1, 0.15) is 5.84 Å². The Kier molecular flexibility index (Phi) is 8.86. The van der Waals surface area contributed by atoms with Gasteiger partial charge in [-0.3, -0.25) is 4.90 Å². The summed E-state index contributed by atoms with van der Waals surface area (Å²) in [5, 5.41) is 11.6. The van der Waals surface area contributed by atoms with Crippen molar-refractivity contribution in [3.63, 3.8) is 0 Å². The molecule has 0 heterocycles. The third-order valence-electron chi connectivity index (χ3n) is 2.84. The van der Waals surface area contributed by atoms with Crippen molar-refractivity contribution in [3.05, 3.63) is 30.3 Å². The molecule has 0 aromatic heterocycles. The zero-order chi connectivity index (χ0) is 14.6. The molecule has 3 N–H and O–H groups in total. The van der Waals surface area contributed by atoms with Crippen LogP contribution in [0.2, 0.25) is 0 Å². The minimum Gasteiger partial charge on any atom is -0.409 e. The monoisotopic (exact) mass is 297 g/mol. The van der Waals surface area contributed by atoms with Gasteiger partial charge in [-0.05, 0) is 12.1 Å². The van der Waals surface area contributed by atoms with Crippen molar-refractivity contribution < 1.29 is 9.94 Å². The minimum absolute atomic E-state index is 0.267. The molecule has 0 aliphatic rings. The molecule has 0 radical (unpaired) electrons. The van der Waals surface area contributed by atoms with E-state index >= 15 is 0 Å². The fraction of sp³-hybridized carbons (Fsp3) is 0.500. The van der Waals surface area contributed by atoms with E-state index in [-0.39, 0.29) is 5.84 Å². The predicted molar refractivity (Wildman–Crippen MR) is 83.5 cm³/mol. The van der Waals surface area contributed by atoms with Crippen molar-refractivity contribution in [1.29, 1.82) is 0 Å². The van der Waals surface area contributed by atoms with Gasteiger partial charge in [-0.25, -0.2) is 0 Å². The highest BCUT2D eigenvalue weighted by atomic mass is 32.2. The number of nitrogens with zero attached hydrogens (tertiary/aromatic N) is 2. The molecule has 0 aliphatic heterocycles. The van der Waals surface area contributed by atoms with Gasteiger partial charge in [0.2, 0.25) is 0 Å². The molecule has 0 aliphatic carbocycles. The molecule has 1 aromatic rings. The highest BCUT2D eigenvalue weighted by Crippen LogP contribution is 2.16. The van der Waals surface area contributed by atoms with Gasteiger partial charge in [0.25, 0.3) is 0 Å². The van der Waals surface area contributed by atoms with Crippen molar-refractivity contribution in [2.45, 2.75) is 11.3 Å². The van der Waals surface area contributed by atoms with Crippen LogP contribution in [0, 0.1) is 0 Å². The first-order valence-electron chi connectivity index (χ1n) is 6.61. The number of hydrogen-bond donors (Lipinski definition) is 2. The van der Waals surface area contributed by atoms with Crippen molar-refractivity contribution >= 4 is 17.6 Å². The quantitative estimate of drug-likeness (QED) is 0.227. The normalized spacial score (nSPS) is 12.0. The lowest BCUT2D eigenvalue weighted by Crippen LogP contribution is -2.33. The Labute approximate surface area is 124 Å². The van der Waals surface area contributed by atoms with Crippen molar-refractivity contribution in [1.82, 2.24) is 4.90 Å². The van der Waals surface area contributed by atoms with Gasteiger partial charge in [-0.2, -0.15) is 0 Å². The van der Waals surface area contributed by atoms with E-state index in [1.807, 2.05) is 30.0 Å². The van der Waals surface area contributed by atoms with Crippen molar-refractivity contribution in [3.8, 4) is 0 Å². The molecule has 1 rings (SSSR count). The van der Waals surface area contributed by atoms with Gasteiger partial charge in [0, 0.05) is 43.8 Å². The Morgan fingerprint density at radius 2 is 2.05 bits per heavy atom. The summed E-state index contributed by atoms with van der Waals surface area (Å²) in [6.45, 7) is 3.26. The number of oxime groups is 1. The molecule has 0 bridgehead atoms. The Bertz CT molecular complexity index is 387. The highest BCUT2D eigenvalue weighted by molar-refractivity contribution is 7.99. The molecule has 0 saturated heterocycles. The van der Waals surface area contributed by atoms with Crippen molar-refractivity contribution in [2.24, 2.45) is 10.9 Å². The molecular formula is C14H23N3O2S. The molecule has 0 saturated carbocycles. The molecule has 112 valence electrons. The van der Waals surface area contributed by atoms with Crippen LogP contribution in [0.15, 0.2) is 40.4 Å². The fourth-order valence-corrected chi connectivity index (χ4v) is 2.62. The first-order valence-corrected chi connectivity index (χ1v) is 7.60. The van der Waals surface area contributed by atoms with Crippen molar-refractivity contribution in [2.75, 3.05) is 39.1 Å². The molecule has 5 nitrogen and oxygen atoms in total. The van der Waals surface area contributed by atoms with Gasteiger partial charge in [0.15, 0.2) is 0 Å². The van der Waals surface area contributed by atoms with Crippen LogP contribution in [0.3, 0.4) is 0 Å². The van der Waals surface area contributed by atoms with E-state index in [4.69, 9.17) is 15.7 Å². The summed E-state index contributed by atoms with van der Waals surface area (Å²) in [7, 11) is 1.69. The van der Waals surface area contributed by atoms with E-state index < -0.39 is 0 Å². The summed E-state index contributed by atoms with van der Waals surface area (Å²) in [6.07, 6.45) is 0.566. The lowest BCUT2D eigenvalue weighted by molar-refractivity contribution is 0.153. The lowest BCUT2D eigenvalue weighted by atomic mass is 10.3. The van der Waals surface area contributed by atoms with E-state index in [2.05, 4.69) is 22.2 Å². The number of amidine groups is 1. The van der Waals surface area contributed by atoms with E-state index in [9.17, 15) is 0 Å². The maximum absolute atomic E-state index is 8.56. The maximum atomic E-state index is 8.56. The number of benzene rings is 1. The summed E-state index contributed by atoms with van der Waals surface area (Å²) < 4.78 is 5.11. The smallest absolute Gasteiger partial charge is 0.140 e. The average molecular weight is 297 g/mol. The van der Waals surface area contributed by atoms with E-state index in [1.165, 1.54) is 4.90 Å².